The first kappa shape index (κ1) is 15.8. The van der Waals surface area contributed by atoms with Gasteiger partial charge >= 0.3 is 5.97 Å². The smallest absolute Gasteiger partial charge is 0.330 e. The Morgan fingerprint density at radius 1 is 1.14 bits per heavy atom. The van der Waals surface area contributed by atoms with Crippen LogP contribution in [0, 0.1) is 0 Å². The van der Waals surface area contributed by atoms with E-state index in [9.17, 15) is 4.79 Å². The van der Waals surface area contributed by atoms with Gasteiger partial charge in [-0.1, -0.05) is 55.1 Å². The molecule has 0 aliphatic carbocycles. The molecule has 22 heavy (non-hydrogen) atoms. The van der Waals surface area contributed by atoms with Crippen molar-refractivity contribution < 1.29 is 14.6 Å². The van der Waals surface area contributed by atoms with Crippen LogP contribution in [-0.4, -0.2) is 17.2 Å². The third kappa shape index (κ3) is 4.22. The van der Waals surface area contributed by atoms with E-state index in [2.05, 4.69) is 6.58 Å². The van der Waals surface area contributed by atoms with Crippen LogP contribution in [0.5, 0.6) is 5.75 Å². The zero-order valence-corrected chi connectivity index (χ0v) is 12.7. The normalized spacial score (nSPS) is 11.7. The number of carbonyl (C=O) groups is 1. The number of carboxylic acid groups (broad SMARTS) is 1. The number of hydrogen-bond acceptors (Lipinski definition) is 2. The summed E-state index contributed by atoms with van der Waals surface area (Å²) in [5.41, 5.74) is 2.35. The lowest BCUT2D eigenvalue weighted by Gasteiger charge is -2.17. The highest BCUT2D eigenvalue weighted by molar-refractivity contribution is 5.85. The fraction of sp³-hybridized carbons (Fsp3) is 0.211. The molecule has 3 nitrogen and oxygen atoms in total. The summed E-state index contributed by atoms with van der Waals surface area (Å²) in [6.45, 7) is 5.48. The molecule has 0 bridgehead atoms. The van der Waals surface area contributed by atoms with Crippen molar-refractivity contribution in [2.75, 3.05) is 0 Å². The van der Waals surface area contributed by atoms with Crippen molar-refractivity contribution in [3.63, 3.8) is 0 Å². The fourth-order valence-corrected chi connectivity index (χ4v) is 2.19. The number of ether oxygens (including phenoxy) is 1. The second-order valence-corrected chi connectivity index (χ2v) is 5.24. The Kier molecular flexibility index (Phi) is 5.37. The molecular weight excluding hydrogens is 276 g/mol. The van der Waals surface area contributed by atoms with Crippen molar-refractivity contribution in [3.05, 3.63) is 66.7 Å². The van der Waals surface area contributed by atoms with Gasteiger partial charge in [-0.15, -0.1) is 0 Å². The Bertz CT molecular complexity index is 647. The Morgan fingerprint density at radius 3 is 2.45 bits per heavy atom. The molecule has 2 aromatic rings. The van der Waals surface area contributed by atoms with E-state index in [1.165, 1.54) is 0 Å². The predicted molar refractivity (Wildman–Crippen MR) is 88.0 cm³/mol. The van der Waals surface area contributed by atoms with Gasteiger partial charge in [0.25, 0.3) is 0 Å². The molecule has 1 N–H and O–H groups in total. The summed E-state index contributed by atoms with van der Waals surface area (Å²) in [7, 11) is 0. The first-order valence-corrected chi connectivity index (χ1v) is 7.30. The van der Waals surface area contributed by atoms with Crippen molar-refractivity contribution in [1.82, 2.24) is 0 Å². The van der Waals surface area contributed by atoms with Crippen LogP contribution >= 0.6 is 0 Å². The van der Waals surface area contributed by atoms with Gasteiger partial charge in [-0.05, 0) is 31.4 Å². The highest BCUT2D eigenvalue weighted by Crippen LogP contribution is 2.30. The van der Waals surface area contributed by atoms with Gasteiger partial charge in [0.05, 0.1) is 6.10 Å². The van der Waals surface area contributed by atoms with Crippen molar-refractivity contribution in [2.45, 2.75) is 25.9 Å². The van der Waals surface area contributed by atoms with Gasteiger partial charge in [-0.3, -0.25) is 0 Å². The van der Waals surface area contributed by atoms with Crippen LogP contribution in [0.1, 0.15) is 19.8 Å². The molecule has 0 aliphatic heterocycles. The Balaban J connectivity index is 2.07. The summed E-state index contributed by atoms with van der Waals surface area (Å²) >= 11 is 0. The first-order valence-electron chi connectivity index (χ1n) is 7.30. The standard InChI is InChI=1S/C19H20O3/c1-14(19(20)21)12-13-15(2)22-18-11-7-6-10-17(18)16-8-4-3-5-9-16/h3-11,15H,1,12-13H2,2H3,(H,20,21). The lowest BCUT2D eigenvalue weighted by Crippen LogP contribution is -2.13. The third-order valence-electron chi connectivity index (χ3n) is 3.46. The minimum absolute atomic E-state index is 0.0824. The van der Waals surface area contributed by atoms with E-state index in [-0.39, 0.29) is 11.7 Å². The molecular formula is C19H20O3. The van der Waals surface area contributed by atoms with Crippen molar-refractivity contribution >= 4 is 5.97 Å². The van der Waals surface area contributed by atoms with Crippen molar-refractivity contribution in [2.24, 2.45) is 0 Å². The van der Waals surface area contributed by atoms with Gasteiger partial charge in [0.15, 0.2) is 0 Å². The molecule has 114 valence electrons. The molecule has 2 aromatic carbocycles. The summed E-state index contributed by atoms with van der Waals surface area (Å²) in [6.07, 6.45) is 0.957. The van der Waals surface area contributed by atoms with E-state index in [0.717, 1.165) is 16.9 Å². The Hall–Kier alpha value is -2.55. The molecule has 0 aromatic heterocycles. The molecule has 0 radical (unpaired) electrons. The fourth-order valence-electron chi connectivity index (χ4n) is 2.19. The molecule has 0 saturated heterocycles. The molecule has 2 rings (SSSR count). The van der Waals surface area contributed by atoms with Crippen LogP contribution in [0.4, 0.5) is 0 Å². The van der Waals surface area contributed by atoms with E-state index in [4.69, 9.17) is 9.84 Å². The molecule has 0 aliphatic rings. The summed E-state index contributed by atoms with van der Waals surface area (Å²) in [5, 5.41) is 8.84. The van der Waals surface area contributed by atoms with Gasteiger partial charge < -0.3 is 9.84 Å². The van der Waals surface area contributed by atoms with Gasteiger partial charge in [0.1, 0.15) is 5.75 Å². The monoisotopic (exact) mass is 296 g/mol. The van der Waals surface area contributed by atoms with E-state index < -0.39 is 5.97 Å². The zero-order valence-electron chi connectivity index (χ0n) is 12.7. The van der Waals surface area contributed by atoms with Gasteiger partial charge in [0, 0.05) is 11.1 Å². The topological polar surface area (TPSA) is 46.5 Å². The van der Waals surface area contributed by atoms with Crippen LogP contribution < -0.4 is 4.74 Å². The van der Waals surface area contributed by atoms with Crippen LogP contribution in [0.2, 0.25) is 0 Å². The summed E-state index contributed by atoms with van der Waals surface area (Å²) in [4.78, 5) is 10.8. The minimum atomic E-state index is -0.947. The number of benzene rings is 2. The molecule has 1 unspecified atom stereocenters. The maximum atomic E-state index is 10.8. The Labute approximate surface area is 130 Å². The highest BCUT2D eigenvalue weighted by atomic mass is 16.5. The maximum Gasteiger partial charge on any atom is 0.330 e. The van der Waals surface area contributed by atoms with E-state index in [0.29, 0.717) is 12.8 Å². The van der Waals surface area contributed by atoms with E-state index >= 15 is 0 Å². The average Bonchev–Trinajstić information content (AvgIpc) is 2.54. The molecule has 0 heterocycles. The van der Waals surface area contributed by atoms with E-state index in [1.807, 2.05) is 61.5 Å². The molecule has 0 spiro atoms. The number of aliphatic carboxylic acids is 1. The first-order chi connectivity index (χ1) is 10.6. The van der Waals surface area contributed by atoms with Crippen LogP contribution in [0.15, 0.2) is 66.7 Å². The number of rotatable bonds is 7. The summed E-state index contributed by atoms with van der Waals surface area (Å²) in [6, 6.07) is 17.9. The second kappa shape index (κ2) is 7.46. The molecule has 0 amide bonds. The SMILES string of the molecule is C=C(CCC(C)Oc1ccccc1-c1ccccc1)C(=O)O. The predicted octanol–water partition coefficient (Wildman–Crippen LogP) is 4.54. The lowest BCUT2D eigenvalue weighted by atomic mass is 10.0. The van der Waals surface area contributed by atoms with Crippen LogP contribution in [-0.2, 0) is 4.79 Å². The molecule has 0 saturated carbocycles. The molecule has 3 heteroatoms. The average molecular weight is 296 g/mol. The Morgan fingerprint density at radius 2 is 1.77 bits per heavy atom. The zero-order chi connectivity index (χ0) is 15.9. The number of hydrogen-bond donors (Lipinski definition) is 1. The molecule has 1 atom stereocenters. The number of carboxylic acids is 1. The van der Waals surface area contributed by atoms with Gasteiger partial charge in [-0.2, -0.15) is 0 Å². The molecule has 0 fully saturated rings. The summed E-state index contributed by atoms with van der Waals surface area (Å²) in [5.74, 6) is -0.140. The van der Waals surface area contributed by atoms with Crippen molar-refractivity contribution in [1.29, 1.82) is 0 Å². The van der Waals surface area contributed by atoms with Crippen molar-refractivity contribution in [3.8, 4) is 16.9 Å². The largest absolute Gasteiger partial charge is 0.490 e. The van der Waals surface area contributed by atoms with Gasteiger partial charge in [-0.25, -0.2) is 4.79 Å². The highest BCUT2D eigenvalue weighted by Gasteiger charge is 2.11. The van der Waals surface area contributed by atoms with Crippen LogP contribution in [0.3, 0.4) is 0 Å². The quantitative estimate of drug-likeness (QED) is 0.763. The van der Waals surface area contributed by atoms with Crippen LogP contribution in [0.25, 0.3) is 11.1 Å². The van der Waals surface area contributed by atoms with E-state index in [1.54, 1.807) is 0 Å². The third-order valence-corrected chi connectivity index (χ3v) is 3.46. The minimum Gasteiger partial charge on any atom is -0.490 e. The second-order valence-electron chi connectivity index (χ2n) is 5.24. The maximum absolute atomic E-state index is 10.8. The number of para-hydroxylation sites is 1. The van der Waals surface area contributed by atoms with Gasteiger partial charge in [0.2, 0.25) is 0 Å². The lowest BCUT2D eigenvalue weighted by molar-refractivity contribution is -0.132. The summed E-state index contributed by atoms with van der Waals surface area (Å²) < 4.78 is 6.00.